The minimum atomic E-state index is -0.473. The number of rotatable bonds is 1. The lowest BCUT2D eigenvalue weighted by Gasteiger charge is -2.31. The number of esters is 1. The van der Waals surface area contributed by atoms with Gasteiger partial charge >= 0.3 is 5.97 Å². The quantitative estimate of drug-likeness (QED) is 0.545. The van der Waals surface area contributed by atoms with Crippen molar-refractivity contribution in [1.82, 2.24) is 0 Å². The first-order chi connectivity index (χ1) is 5.65. The van der Waals surface area contributed by atoms with Crippen LogP contribution in [0.3, 0.4) is 0 Å². The van der Waals surface area contributed by atoms with Gasteiger partial charge in [-0.15, -0.1) is 0 Å². The molecule has 0 amide bonds. The fourth-order valence-corrected chi connectivity index (χ4v) is 1.16. The van der Waals surface area contributed by atoms with Gasteiger partial charge in [-0.1, -0.05) is 6.92 Å². The molecular formula is C8H14O4. The average Bonchev–Trinajstić information content (AvgIpc) is 2.08. The zero-order valence-corrected chi connectivity index (χ0v) is 7.57. The van der Waals surface area contributed by atoms with Gasteiger partial charge in [0.05, 0.1) is 13.7 Å². The molecule has 12 heavy (non-hydrogen) atoms. The average molecular weight is 174 g/mol. The Hall–Kier alpha value is -0.610. The standard InChI is InChI=1S/C8H14O4/c1-5-4-11-6(2)12-7(5)8(9)10-3/h5-7H,4H2,1-3H3. The van der Waals surface area contributed by atoms with Crippen LogP contribution < -0.4 is 0 Å². The van der Waals surface area contributed by atoms with Gasteiger partial charge in [-0.05, 0) is 6.92 Å². The van der Waals surface area contributed by atoms with Gasteiger partial charge in [-0.25, -0.2) is 4.79 Å². The molecule has 1 aliphatic heterocycles. The zero-order valence-electron chi connectivity index (χ0n) is 7.57. The summed E-state index contributed by atoms with van der Waals surface area (Å²) in [5, 5.41) is 0. The van der Waals surface area contributed by atoms with Crippen molar-refractivity contribution in [1.29, 1.82) is 0 Å². The Bertz CT molecular complexity index is 168. The van der Waals surface area contributed by atoms with Crippen molar-refractivity contribution in [2.75, 3.05) is 13.7 Å². The van der Waals surface area contributed by atoms with E-state index in [-0.39, 0.29) is 18.2 Å². The van der Waals surface area contributed by atoms with Crippen molar-refractivity contribution in [2.45, 2.75) is 26.2 Å². The predicted octanol–water partition coefficient (Wildman–Crippen LogP) is 0.557. The van der Waals surface area contributed by atoms with Crippen LogP contribution in [0.25, 0.3) is 0 Å². The normalized spacial score (nSPS) is 36.1. The van der Waals surface area contributed by atoms with E-state index in [1.165, 1.54) is 7.11 Å². The minimum Gasteiger partial charge on any atom is -0.467 e. The summed E-state index contributed by atoms with van der Waals surface area (Å²) in [6.07, 6.45) is -0.788. The molecule has 4 heteroatoms. The van der Waals surface area contributed by atoms with Crippen molar-refractivity contribution in [3.63, 3.8) is 0 Å². The third-order valence-electron chi connectivity index (χ3n) is 1.88. The summed E-state index contributed by atoms with van der Waals surface area (Å²) in [6, 6.07) is 0. The van der Waals surface area contributed by atoms with Crippen LogP contribution >= 0.6 is 0 Å². The maximum atomic E-state index is 11.1. The molecular weight excluding hydrogens is 160 g/mol. The van der Waals surface area contributed by atoms with Crippen LogP contribution in [-0.4, -0.2) is 32.1 Å². The van der Waals surface area contributed by atoms with E-state index in [9.17, 15) is 4.79 Å². The molecule has 0 radical (unpaired) electrons. The zero-order chi connectivity index (χ0) is 9.14. The van der Waals surface area contributed by atoms with Crippen LogP contribution in [-0.2, 0) is 19.0 Å². The maximum Gasteiger partial charge on any atom is 0.335 e. The Kier molecular flexibility index (Phi) is 3.05. The van der Waals surface area contributed by atoms with Gasteiger partial charge in [-0.2, -0.15) is 0 Å². The van der Waals surface area contributed by atoms with Crippen LogP contribution in [0.2, 0.25) is 0 Å². The van der Waals surface area contributed by atoms with Crippen molar-refractivity contribution in [3.05, 3.63) is 0 Å². The Labute approximate surface area is 71.8 Å². The molecule has 1 heterocycles. The molecule has 3 unspecified atom stereocenters. The summed E-state index contributed by atoms with van der Waals surface area (Å²) in [5.41, 5.74) is 0. The molecule has 0 aromatic carbocycles. The number of carbonyl (C=O) groups is 1. The monoisotopic (exact) mass is 174 g/mol. The van der Waals surface area contributed by atoms with Crippen molar-refractivity contribution in [2.24, 2.45) is 5.92 Å². The highest BCUT2D eigenvalue weighted by Crippen LogP contribution is 2.18. The summed E-state index contributed by atoms with van der Waals surface area (Å²) in [7, 11) is 1.36. The van der Waals surface area contributed by atoms with Gasteiger partial charge in [-0.3, -0.25) is 0 Å². The van der Waals surface area contributed by atoms with Gasteiger partial charge in [0.1, 0.15) is 0 Å². The van der Waals surface area contributed by atoms with E-state index >= 15 is 0 Å². The maximum absolute atomic E-state index is 11.1. The van der Waals surface area contributed by atoms with Crippen LogP contribution in [0.5, 0.6) is 0 Å². The number of carbonyl (C=O) groups excluding carboxylic acids is 1. The summed E-state index contributed by atoms with van der Waals surface area (Å²) in [4.78, 5) is 11.1. The topological polar surface area (TPSA) is 44.8 Å². The van der Waals surface area contributed by atoms with Crippen LogP contribution in [0.15, 0.2) is 0 Å². The third-order valence-corrected chi connectivity index (χ3v) is 1.88. The number of ether oxygens (including phenoxy) is 3. The Morgan fingerprint density at radius 2 is 2.17 bits per heavy atom. The highest BCUT2D eigenvalue weighted by Gasteiger charge is 2.33. The van der Waals surface area contributed by atoms with Crippen LogP contribution in [0.4, 0.5) is 0 Å². The number of hydrogen-bond donors (Lipinski definition) is 0. The van der Waals surface area contributed by atoms with E-state index in [0.717, 1.165) is 0 Å². The van der Waals surface area contributed by atoms with Gasteiger partial charge < -0.3 is 14.2 Å². The fourth-order valence-electron chi connectivity index (χ4n) is 1.16. The Balaban J connectivity index is 2.54. The second-order valence-electron chi connectivity index (χ2n) is 2.96. The molecule has 0 spiro atoms. The van der Waals surface area contributed by atoms with Gasteiger partial charge in [0.15, 0.2) is 12.4 Å². The molecule has 0 bridgehead atoms. The molecule has 0 aromatic heterocycles. The molecule has 1 rings (SSSR count). The summed E-state index contributed by atoms with van der Waals surface area (Å²) < 4.78 is 15.0. The first kappa shape index (κ1) is 9.48. The molecule has 70 valence electrons. The highest BCUT2D eigenvalue weighted by molar-refractivity contribution is 5.74. The van der Waals surface area contributed by atoms with Crippen molar-refractivity contribution >= 4 is 5.97 Å². The van der Waals surface area contributed by atoms with Gasteiger partial charge in [0.25, 0.3) is 0 Å². The lowest BCUT2D eigenvalue weighted by Crippen LogP contribution is -2.42. The molecule has 0 saturated carbocycles. The number of methoxy groups -OCH3 is 1. The van der Waals surface area contributed by atoms with Crippen LogP contribution in [0, 0.1) is 5.92 Å². The highest BCUT2D eigenvalue weighted by atomic mass is 16.7. The molecule has 1 aliphatic rings. The Morgan fingerprint density at radius 1 is 1.50 bits per heavy atom. The van der Waals surface area contributed by atoms with Gasteiger partial charge in [0, 0.05) is 5.92 Å². The molecule has 1 fully saturated rings. The summed E-state index contributed by atoms with van der Waals surface area (Å²) >= 11 is 0. The second kappa shape index (κ2) is 3.87. The largest absolute Gasteiger partial charge is 0.467 e. The van der Waals surface area contributed by atoms with Crippen molar-refractivity contribution in [3.8, 4) is 0 Å². The van der Waals surface area contributed by atoms with E-state index < -0.39 is 6.10 Å². The fraction of sp³-hybridized carbons (Fsp3) is 0.875. The predicted molar refractivity (Wildman–Crippen MR) is 41.5 cm³/mol. The molecule has 0 aliphatic carbocycles. The number of hydrogen-bond acceptors (Lipinski definition) is 4. The molecule has 3 atom stereocenters. The van der Waals surface area contributed by atoms with E-state index in [1.54, 1.807) is 6.92 Å². The second-order valence-corrected chi connectivity index (χ2v) is 2.96. The first-order valence-electron chi connectivity index (χ1n) is 4.00. The molecule has 0 N–H and O–H groups in total. The SMILES string of the molecule is COC(=O)C1OC(C)OCC1C. The molecule has 4 nitrogen and oxygen atoms in total. The first-order valence-corrected chi connectivity index (χ1v) is 4.00. The van der Waals surface area contributed by atoms with Crippen LogP contribution in [0.1, 0.15) is 13.8 Å². The van der Waals surface area contributed by atoms with E-state index in [0.29, 0.717) is 6.61 Å². The lowest BCUT2D eigenvalue weighted by atomic mass is 10.1. The Morgan fingerprint density at radius 3 is 2.75 bits per heavy atom. The minimum absolute atomic E-state index is 0.0636. The van der Waals surface area contributed by atoms with E-state index in [1.807, 2.05) is 6.92 Å². The lowest BCUT2D eigenvalue weighted by molar-refractivity contribution is -0.231. The summed E-state index contributed by atoms with van der Waals surface area (Å²) in [6.45, 7) is 4.20. The molecule has 0 aromatic rings. The van der Waals surface area contributed by atoms with E-state index in [2.05, 4.69) is 4.74 Å². The van der Waals surface area contributed by atoms with Crippen molar-refractivity contribution < 1.29 is 19.0 Å². The summed E-state index contributed by atoms with van der Waals surface area (Å²) in [5.74, 6) is -0.258. The third kappa shape index (κ3) is 1.95. The molecule has 1 saturated heterocycles. The van der Waals surface area contributed by atoms with E-state index in [4.69, 9.17) is 9.47 Å². The smallest absolute Gasteiger partial charge is 0.335 e. The van der Waals surface area contributed by atoms with Gasteiger partial charge in [0.2, 0.25) is 0 Å².